The summed E-state index contributed by atoms with van der Waals surface area (Å²) >= 11 is 0. The molecule has 0 saturated carbocycles. The zero-order valence-corrected chi connectivity index (χ0v) is 13.4. The van der Waals surface area contributed by atoms with Crippen molar-refractivity contribution in [3.63, 3.8) is 0 Å². The number of rotatable bonds is 3. The number of benzene rings is 3. The smallest absolute Gasteiger partial charge is 0.259 e. The van der Waals surface area contributed by atoms with Gasteiger partial charge in [0.05, 0.1) is 16.5 Å². The summed E-state index contributed by atoms with van der Waals surface area (Å²) in [5.41, 5.74) is 3.13. The SMILES string of the molecule is O=c1[nH]c(-c2cc(Cc3ccccc3)ccc2O)nc2ccccc12. The Morgan fingerprint density at radius 3 is 2.48 bits per heavy atom. The summed E-state index contributed by atoms with van der Waals surface area (Å²) in [6.45, 7) is 0. The number of H-pyrrole nitrogens is 1. The fourth-order valence-electron chi connectivity index (χ4n) is 2.93. The van der Waals surface area contributed by atoms with Crippen LogP contribution in [-0.2, 0) is 6.42 Å². The highest BCUT2D eigenvalue weighted by Gasteiger charge is 2.11. The van der Waals surface area contributed by atoms with Crippen LogP contribution in [0, 0.1) is 0 Å². The van der Waals surface area contributed by atoms with E-state index in [1.807, 2.05) is 36.4 Å². The number of nitrogens with one attached hydrogen (secondary N) is 1. The van der Waals surface area contributed by atoms with E-state index in [-0.39, 0.29) is 11.3 Å². The molecule has 1 heterocycles. The van der Waals surface area contributed by atoms with Crippen molar-refractivity contribution in [2.24, 2.45) is 0 Å². The molecule has 0 atom stereocenters. The number of phenols is 1. The summed E-state index contributed by atoms with van der Waals surface area (Å²) in [5, 5.41) is 10.8. The highest BCUT2D eigenvalue weighted by molar-refractivity contribution is 5.80. The van der Waals surface area contributed by atoms with Crippen LogP contribution in [0.1, 0.15) is 11.1 Å². The van der Waals surface area contributed by atoms with Crippen LogP contribution in [0.5, 0.6) is 5.75 Å². The molecular formula is C21H16N2O2. The lowest BCUT2D eigenvalue weighted by Gasteiger charge is -2.08. The third kappa shape index (κ3) is 3.02. The third-order valence-electron chi connectivity index (χ3n) is 4.18. The maximum absolute atomic E-state index is 12.3. The lowest BCUT2D eigenvalue weighted by molar-refractivity contribution is 0.476. The molecular weight excluding hydrogens is 312 g/mol. The molecule has 25 heavy (non-hydrogen) atoms. The number of phenolic OH excluding ortho intramolecular Hbond substituents is 1. The zero-order valence-electron chi connectivity index (χ0n) is 13.4. The Bertz CT molecular complexity index is 1100. The molecule has 0 saturated heterocycles. The Kier molecular flexibility index (Phi) is 3.78. The topological polar surface area (TPSA) is 66.0 Å². The number of fused-ring (bicyclic) bond motifs is 1. The number of para-hydroxylation sites is 1. The molecule has 0 aliphatic carbocycles. The van der Waals surface area contributed by atoms with Crippen LogP contribution < -0.4 is 5.56 Å². The molecule has 0 radical (unpaired) electrons. The van der Waals surface area contributed by atoms with Gasteiger partial charge in [-0.25, -0.2) is 4.98 Å². The van der Waals surface area contributed by atoms with Crippen LogP contribution >= 0.6 is 0 Å². The second-order valence-corrected chi connectivity index (χ2v) is 5.95. The van der Waals surface area contributed by atoms with Crippen molar-refractivity contribution in [2.75, 3.05) is 0 Å². The van der Waals surface area contributed by atoms with E-state index in [0.717, 1.165) is 12.0 Å². The van der Waals surface area contributed by atoms with Gasteiger partial charge < -0.3 is 10.1 Å². The van der Waals surface area contributed by atoms with Gasteiger partial charge >= 0.3 is 0 Å². The molecule has 122 valence electrons. The van der Waals surface area contributed by atoms with Crippen LogP contribution in [0.15, 0.2) is 77.6 Å². The highest BCUT2D eigenvalue weighted by atomic mass is 16.3. The Hall–Kier alpha value is -3.40. The van der Waals surface area contributed by atoms with E-state index in [0.29, 0.717) is 22.3 Å². The van der Waals surface area contributed by atoms with Crippen molar-refractivity contribution in [2.45, 2.75) is 6.42 Å². The van der Waals surface area contributed by atoms with Gasteiger partial charge in [-0.1, -0.05) is 48.5 Å². The molecule has 0 amide bonds. The molecule has 0 unspecified atom stereocenters. The Morgan fingerprint density at radius 1 is 0.880 bits per heavy atom. The molecule has 4 rings (SSSR count). The van der Waals surface area contributed by atoms with E-state index in [1.165, 1.54) is 5.56 Å². The maximum atomic E-state index is 12.3. The summed E-state index contributed by atoms with van der Waals surface area (Å²) in [4.78, 5) is 19.6. The number of hydrogen-bond acceptors (Lipinski definition) is 3. The second-order valence-electron chi connectivity index (χ2n) is 5.95. The monoisotopic (exact) mass is 328 g/mol. The van der Waals surface area contributed by atoms with Gasteiger partial charge in [-0.15, -0.1) is 0 Å². The number of aromatic hydroxyl groups is 1. The van der Waals surface area contributed by atoms with Crippen LogP contribution in [0.2, 0.25) is 0 Å². The summed E-state index contributed by atoms with van der Waals surface area (Å²) in [6, 6.07) is 22.7. The van der Waals surface area contributed by atoms with Crippen LogP contribution in [0.25, 0.3) is 22.3 Å². The summed E-state index contributed by atoms with van der Waals surface area (Å²) < 4.78 is 0. The van der Waals surface area contributed by atoms with E-state index in [1.54, 1.807) is 24.3 Å². The minimum atomic E-state index is -0.214. The van der Waals surface area contributed by atoms with Gasteiger partial charge in [-0.2, -0.15) is 0 Å². The van der Waals surface area contributed by atoms with Crippen molar-refractivity contribution in [3.05, 3.63) is 94.3 Å². The zero-order chi connectivity index (χ0) is 17.2. The number of nitrogens with zero attached hydrogens (tertiary/aromatic N) is 1. The lowest BCUT2D eigenvalue weighted by atomic mass is 10.0. The molecule has 4 heteroatoms. The molecule has 0 aliphatic heterocycles. The lowest BCUT2D eigenvalue weighted by Crippen LogP contribution is -2.09. The Balaban J connectivity index is 1.80. The van der Waals surface area contributed by atoms with Gasteiger partial charge in [0.15, 0.2) is 0 Å². The van der Waals surface area contributed by atoms with Crippen LogP contribution in [-0.4, -0.2) is 15.1 Å². The number of aromatic nitrogens is 2. The van der Waals surface area contributed by atoms with Gasteiger partial charge in [0.25, 0.3) is 5.56 Å². The fourth-order valence-corrected chi connectivity index (χ4v) is 2.93. The second kappa shape index (κ2) is 6.24. The number of aromatic amines is 1. The van der Waals surface area contributed by atoms with Crippen molar-refractivity contribution in [1.82, 2.24) is 9.97 Å². The predicted molar refractivity (Wildman–Crippen MR) is 98.7 cm³/mol. The van der Waals surface area contributed by atoms with E-state index in [4.69, 9.17) is 0 Å². The largest absolute Gasteiger partial charge is 0.507 e. The first-order valence-electron chi connectivity index (χ1n) is 8.06. The molecule has 4 nitrogen and oxygen atoms in total. The van der Waals surface area contributed by atoms with E-state index >= 15 is 0 Å². The first kappa shape index (κ1) is 15.1. The normalized spacial score (nSPS) is 10.9. The van der Waals surface area contributed by atoms with Gasteiger partial charge in [-0.05, 0) is 41.8 Å². The van der Waals surface area contributed by atoms with Gasteiger partial charge in [-0.3, -0.25) is 4.79 Å². The van der Waals surface area contributed by atoms with Crippen LogP contribution in [0.3, 0.4) is 0 Å². The third-order valence-corrected chi connectivity index (χ3v) is 4.18. The highest BCUT2D eigenvalue weighted by Crippen LogP contribution is 2.28. The van der Waals surface area contributed by atoms with Gasteiger partial charge in [0.2, 0.25) is 0 Å². The Morgan fingerprint density at radius 2 is 1.64 bits per heavy atom. The first-order valence-corrected chi connectivity index (χ1v) is 8.06. The van der Waals surface area contributed by atoms with Crippen LogP contribution in [0.4, 0.5) is 0 Å². The quantitative estimate of drug-likeness (QED) is 0.600. The van der Waals surface area contributed by atoms with E-state index in [9.17, 15) is 9.90 Å². The summed E-state index contributed by atoms with van der Waals surface area (Å²) in [5.74, 6) is 0.464. The summed E-state index contributed by atoms with van der Waals surface area (Å²) in [7, 11) is 0. The molecule has 4 aromatic rings. The average Bonchev–Trinajstić information content (AvgIpc) is 2.64. The molecule has 0 bridgehead atoms. The Labute approximate surface area is 144 Å². The van der Waals surface area contributed by atoms with Gasteiger partial charge in [0, 0.05) is 0 Å². The minimum absolute atomic E-state index is 0.0928. The fraction of sp³-hybridized carbons (Fsp3) is 0.0476. The average molecular weight is 328 g/mol. The first-order chi connectivity index (χ1) is 12.2. The molecule has 3 aromatic carbocycles. The molecule has 2 N–H and O–H groups in total. The van der Waals surface area contributed by atoms with Gasteiger partial charge in [0.1, 0.15) is 11.6 Å². The van der Waals surface area contributed by atoms with Crippen molar-refractivity contribution in [3.8, 4) is 17.1 Å². The van der Waals surface area contributed by atoms with Crippen molar-refractivity contribution >= 4 is 10.9 Å². The van der Waals surface area contributed by atoms with E-state index in [2.05, 4.69) is 22.1 Å². The molecule has 0 spiro atoms. The summed E-state index contributed by atoms with van der Waals surface area (Å²) in [6.07, 6.45) is 0.742. The molecule has 0 fully saturated rings. The molecule has 1 aromatic heterocycles. The number of hydrogen-bond donors (Lipinski definition) is 2. The molecule has 0 aliphatic rings. The maximum Gasteiger partial charge on any atom is 0.259 e. The van der Waals surface area contributed by atoms with Crippen molar-refractivity contribution in [1.29, 1.82) is 0 Å². The van der Waals surface area contributed by atoms with E-state index < -0.39 is 0 Å². The van der Waals surface area contributed by atoms with Crippen molar-refractivity contribution < 1.29 is 5.11 Å². The minimum Gasteiger partial charge on any atom is -0.507 e. The predicted octanol–water partition coefficient (Wildman–Crippen LogP) is 3.89. The standard InChI is InChI=1S/C21H16N2O2/c24-19-11-10-15(12-14-6-2-1-3-7-14)13-17(19)20-22-18-9-5-4-8-16(18)21(25)23-20/h1-11,13,24H,12H2,(H,22,23,25).